The molecule has 2 N–H and O–H groups in total. The van der Waals surface area contributed by atoms with Gasteiger partial charge in [0.15, 0.2) is 0 Å². The van der Waals surface area contributed by atoms with Crippen LogP contribution in [0.3, 0.4) is 0 Å². The number of halogens is 3. The molecule has 3 nitrogen and oxygen atoms in total. The van der Waals surface area contributed by atoms with Crippen molar-refractivity contribution in [3.8, 4) is 0 Å². The standard InChI is InChI=1S/C18H17F3N2O/c1-2-11-6-8-12(9-7-11)16-15(22)17(24)23(16)14-5-3-4-13(10-14)18(19,20)21/h3-10,15-16H,2,22H2,1H3/t15-,16+/m1/s1. The van der Waals surface area contributed by atoms with Crippen LogP contribution in [0.25, 0.3) is 0 Å². The molecule has 1 heterocycles. The summed E-state index contributed by atoms with van der Waals surface area (Å²) < 4.78 is 38.7. The lowest BCUT2D eigenvalue weighted by atomic mass is 9.87. The number of hydrogen-bond donors (Lipinski definition) is 1. The third-order valence-corrected chi connectivity index (χ3v) is 4.32. The highest BCUT2D eigenvalue weighted by Crippen LogP contribution is 2.40. The van der Waals surface area contributed by atoms with Gasteiger partial charge in [-0.3, -0.25) is 4.79 Å². The molecule has 24 heavy (non-hydrogen) atoms. The number of anilines is 1. The van der Waals surface area contributed by atoms with Crippen molar-refractivity contribution in [2.45, 2.75) is 31.6 Å². The van der Waals surface area contributed by atoms with E-state index in [1.54, 1.807) is 0 Å². The molecule has 1 aliphatic heterocycles. The van der Waals surface area contributed by atoms with Crippen molar-refractivity contribution < 1.29 is 18.0 Å². The second kappa shape index (κ2) is 5.94. The molecule has 126 valence electrons. The molecule has 6 heteroatoms. The van der Waals surface area contributed by atoms with Crippen LogP contribution in [0.1, 0.15) is 29.7 Å². The molecule has 0 bridgehead atoms. The molecule has 0 spiro atoms. The third kappa shape index (κ3) is 2.78. The highest BCUT2D eigenvalue weighted by Gasteiger charge is 2.47. The van der Waals surface area contributed by atoms with Crippen LogP contribution in [0.5, 0.6) is 0 Å². The van der Waals surface area contributed by atoms with Gasteiger partial charge in [-0.15, -0.1) is 0 Å². The Labute approximate surface area is 137 Å². The molecule has 0 aromatic heterocycles. The molecular formula is C18H17F3N2O. The van der Waals surface area contributed by atoms with Gasteiger partial charge < -0.3 is 10.6 Å². The number of carbonyl (C=O) groups excluding carboxylic acids is 1. The van der Waals surface area contributed by atoms with E-state index in [4.69, 9.17) is 5.73 Å². The van der Waals surface area contributed by atoms with Gasteiger partial charge in [-0.2, -0.15) is 13.2 Å². The molecule has 2 aromatic rings. The SMILES string of the molecule is CCc1ccc([C@H]2[C@@H](N)C(=O)N2c2cccc(C(F)(F)F)c2)cc1. The highest BCUT2D eigenvalue weighted by molar-refractivity contribution is 6.05. The Morgan fingerprint density at radius 3 is 2.38 bits per heavy atom. The number of nitrogens with zero attached hydrogens (tertiary/aromatic N) is 1. The first-order chi connectivity index (χ1) is 11.3. The van der Waals surface area contributed by atoms with Gasteiger partial charge in [-0.1, -0.05) is 37.3 Å². The van der Waals surface area contributed by atoms with E-state index in [-0.39, 0.29) is 11.6 Å². The van der Waals surface area contributed by atoms with Crippen molar-refractivity contribution >= 4 is 11.6 Å². The Bertz CT molecular complexity index is 756. The molecular weight excluding hydrogens is 317 g/mol. The van der Waals surface area contributed by atoms with Crippen LogP contribution in [0, 0.1) is 0 Å². The summed E-state index contributed by atoms with van der Waals surface area (Å²) in [4.78, 5) is 13.5. The average Bonchev–Trinajstić information content (AvgIpc) is 2.58. The maximum atomic E-state index is 12.9. The van der Waals surface area contributed by atoms with Crippen molar-refractivity contribution in [2.24, 2.45) is 5.73 Å². The molecule has 0 radical (unpaired) electrons. The largest absolute Gasteiger partial charge is 0.416 e. The molecule has 1 fully saturated rings. The number of rotatable bonds is 3. The number of alkyl halides is 3. The monoisotopic (exact) mass is 334 g/mol. The van der Waals surface area contributed by atoms with Crippen LogP contribution in [0.2, 0.25) is 0 Å². The van der Waals surface area contributed by atoms with Gasteiger partial charge >= 0.3 is 6.18 Å². The number of hydrogen-bond acceptors (Lipinski definition) is 2. The van der Waals surface area contributed by atoms with Gasteiger partial charge in [0.25, 0.3) is 0 Å². The van der Waals surface area contributed by atoms with Crippen molar-refractivity contribution in [3.63, 3.8) is 0 Å². The highest BCUT2D eigenvalue weighted by atomic mass is 19.4. The zero-order valence-corrected chi connectivity index (χ0v) is 13.0. The lowest BCUT2D eigenvalue weighted by Crippen LogP contribution is -2.63. The van der Waals surface area contributed by atoms with Gasteiger partial charge in [0.05, 0.1) is 11.6 Å². The summed E-state index contributed by atoms with van der Waals surface area (Å²) in [6.45, 7) is 2.03. The summed E-state index contributed by atoms with van der Waals surface area (Å²) in [5, 5.41) is 0. The Morgan fingerprint density at radius 1 is 1.12 bits per heavy atom. The van der Waals surface area contributed by atoms with Crippen molar-refractivity contribution in [3.05, 3.63) is 65.2 Å². The molecule has 1 aliphatic rings. The van der Waals surface area contributed by atoms with Crippen LogP contribution in [-0.2, 0) is 17.4 Å². The second-order valence-electron chi connectivity index (χ2n) is 5.82. The van der Waals surface area contributed by atoms with E-state index in [9.17, 15) is 18.0 Å². The van der Waals surface area contributed by atoms with Gasteiger partial charge in [0, 0.05) is 5.69 Å². The number of amides is 1. The van der Waals surface area contributed by atoms with Crippen LogP contribution >= 0.6 is 0 Å². The molecule has 3 rings (SSSR count). The molecule has 0 saturated carbocycles. The summed E-state index contributed by atoms with van der Waals surface area (Å²) in [5.41, 5.74) is 7.29. The fourth-order valence-electron chi connectivity index (χ4n) is 2.94. The lowest BCUT2D eigenvalue weighted by Gasteiger charge is -2.45. The first-order valence-electron chi connectivity index (χ1n) is 7.67. The molecule has 2 aromatic carbocycles. The predicted octanol–water partition coefficient (Wildman–Crippen LogP) is 3.68. The Hall–Kier alpha value is -2.34. The number of aryl methyl sites for hydroxylation is 1. The van der Waals surface area contributed by atoms with E-state index in [1.165, 1.54) is 17.0 Å². The van der Waals surface area contributed by atoms with Crippen LogP contribution in [0.4, 0.5) is 18.9 Å². The van der Waals surface area contributed by atoms with Gasteiger partial charge in [0.2, 0.25) is 5.91 Å². The number of nitrogens with two attached hydrogens (primary N) is 1. The molecule has 0 aliphatic carbocycles. The van der Waals surface area contributed by atoms with Gasteiger partial charge in [-0.25, -0.2) is 0 Å². The zero-order valence-electron chi connectivity index (χ0n) is 13.0. The summed E-state index contributed by atoms with van der Waals surface area (Å²) in [5.74, 6) is -0.376. The first-order valence-corrected chi connectivity index (χ1v) is 7.67. The summed E-state index contributed by atoms with van der Waals surface area (Å²) in [6, 6.07) is 11.2. The van der Waals surface area contributed by atoms with E-state index in [2.05, 4.69) is 0 Å². The fraction of sp³-hybridized carbons (Fsp3) is 0.278. The Morgan fingerprint density at radius 2 is 1.79 bits per heavy atom. The van der Waals surface area contributed by atoms with E-state index in [0.29, 0.717) is 0 Å². The van der Waals surface area contributed by atoms with Gasteiger partial charge in [0.1, 0.15) is 6.04 Å². The summed E-state index contributed by atoms with van der Waals surface area (Å²) >= 11 is 0. The minimum atomic E-state index is -4.45. The van der Waals surface area contributed by atoms with Crippen molar-refractivity contribution in [1.82, 2.24) is 0 Å². The molecule has 1 amide bonds. The Kier molecular flexibility index (Phi) is 4.09. The van der Waals surface area contributed by atoms with Crippen molar-refractivity contribution in [2.75, 3.05) is 4.90 Å². The lowest BCUT2D eigenvalue weighted by molar-refractivity contribution is -0.137. The van der Waals surface area contributed by atoms with Crippen LogP contribution in [0.15, 0.2) is 48.5 Å². The third-order valence-electron chi connectivity index (χ3n) is 4.32. The first kappa shape index (κ1) is 16.5. The van der Waals surface area contributed by atoms with E-state index in [0.717, 1.165) is 29.7 Å². The zero-order chi connectivity index (χ0) is 17.5. The van der Waals surface area contributed by atoms with E-state index < -0.39 is 23.8 Å². The van der Waals surface area contributed by atoms with E-state index >= 15 is 0 Å². The smallest absolute Gasteiger partial charge is 0.318 e. The Balaban J connectivity index is 1.95. The number of β-lactam (4-membered cyclic amide) rings is 1. The predicted molar refractivity (Wildman–Crippen MR) is 85.5 cm³/mol. The van der Waals surface area contributed by atoms with Crippen LogP contribution < -0.4 is 10.6 Å². The van der Waals surface area contributed by atoms with Gasteiger partial charge in [-0.05, 0) is 35.7 Å². The molecule has 2 atom stereocenters. The molecule has 0 unspecified atom stereocenters. The topological polar surface area (TPSA) is 46.3 Å². The second-order valence-corrected chi connectivity index (χ2v) is 5.82. The van der Waals surface area contributed by atoms with Crippen molar-refractivity contribution in [1.29, 1.82) is 0 Å². The van der Waals surface area contributed by atoms with Crippen LogP contribution in [-0.4, -0.2) is 11.9 Å². The molecule has 1 saturated heterocycles. The minimum absolute atomic E-state index is 0.209. The normalized spacial score (nSPS) is 20.9. The number of benzene rings is 2. The minimum Gasteiger partial charge on any atom is -0.318 e. The number of carbonyl (C=O) groups is 1. The maximum Gasteiger partial charge on any atom is 0.416 e. The summed E-state index contributed by atoms with van der Waals surface area (Å²) in [7, 11) is 0. The van der Waals surface area contributed by atoms with E-state index in [1.807, 2.05) is 31.2 Å². The average molecular weight is 334 g/mol. The quantitative estimate of drug-likeness (QED) is 0.871. The maximum absolute atomic E-state index is 12.9. The fourth-order valence-corrected chi connectivity index (χ4v) is 2.94. The summed E-state index contributed by atoms with van der Waals surface area (Å²) in [6.07, 6.45) is -3.57.